The van der Waals surface area contributed by atoms with Crippen LogP contribution < -0.4 is 0 Å². The van der Waals surface area contributed by atoms with E-state index in [1.807, 2.05) is 0 Å². The maximum Gasteiger partial charge on any atom is 0.0252 e. The van der Waals surface area contributed by atoms with Crippen LogP contribution in [0.2, 0.25) is 0 Å². The summed E-state index contributed by atoms with van der Waals surface area (Å²) in [6.07, 6.45) is 13.8. The van der Waals surface area contributed by atoms with Gasteiger partial charge in [0, 0.05) is 5.56 Å². The van der Waals surface area contributed by atoms with E-state index in [9.17, 15) is 0 Å². The van der Waals surface area contributed by atoms with Gasteiger partial charge in [0.1, 0.15) is 0 Å². The van der Waals surface area contributed by atoms with Gasteiger partial charge < -0.3 is 0 Å². The molecule has 2 aromatic carbocycles. The minimum atomic E-state index is 0.887. The monoisotopic (exact) mass is 370 g/mol. The highest BCUT2D eigenvalue weighted by Crippen LogP contribution is 2.28. The molecule has 0 spiro atoms. The maximum atomic E-state index is 3.47. The van der Waals surface area contributed by atoms with Gasteiger partial charge in [-0.1, -0.05) is 100 Å². The van der Waals surface area contributed by atoms with Crippen molar-refractivity contribution in [2.45, 2.75) is 71.6 Å². The van der Waals surface area contributed by atoms with E-state index in [0.717, 1.165) is 30.7 Å². The largest absolute Gasteiger partial charge is 0.0726 e. The van der Waals surface area contributed by atoms with E-state index in [1.54, 1.807) is 0 Å². The Morgan fingerprint density at radius 2 is 1.79 bits per heavy atom. The molecule has 1 unspecified atom stereocenters. The Bertz CT molecular complexity index is 829. The summed E-state index contributed by atoms with van der Waals surface area (Å²) < 4.78 is 0. The van der Waals surface area contributed by atoms with Crippen molar-refractivity contribution >= 4 is 0 Å². The zero-order valence-corrected chi connectivity index (χ0v) is 17.6. The normalized spacial score (nSPS) is 16.2. The standard InChI is InChI=1S/C28H34/c1-3-5-7-11-23-14-16-24(17-15-23)18-19-25-20-21-28(27(22-25)10-4-2)26-12-8-6-9-13-26/h6,8-9,12-13,16,20-23H,3-5,7,10-11,14-15,17H2,1-2H3. The molecular weight excluding hydrogens is 336 g/mol. The van der Waals surface area contributed by atoms with Crippen LogP contribution in [0.15, 0.2) is 60.2 Å². The molecule has 0 heteroatoms. The molecule has 0 radical (unpaired) electrons. The van der Waals surface area contributed by atoms with Gasteiger partial charge in [0.15, 0.2) is 0 Å². The molecule has 0 saturated heterocycles. The highest BCUT2D eigenvalue weighted by molar-refractivity contribution is 5.68. The Balaban J connectivity index is 1.69. The van der Waals surface area contributed by atoms with E-state index in [4.69, 9.17) is 0 Å². The van der Waals surface area contributed by atoms with E-state index in [0.29, 0.717) is 0 Å². The number of rotatable bonds is 7. The molecule has 1 atom stereocenters. The fraction of sp³-hybridized carbons (Fsp3) is 0.429. The van der Waals surface area contributed by atoms with Crippen LogP contribution in [0.1, 0.15) is 76.3 Å². The number of benzene rings is 2. The molecule has 3 rings (SSSR count). The summed E-state index contributed by atoms with van der Waals surface area (Å²) in [6, 6.07) is 17.4. The molecule has 0 heterocycles. The molecule has 0 aromatic heterocycles. The quantitative estimate of drug-likeness (QED) is 0.342. The van der Waals surface area contributed by atoms with Crippen molar-refractivity contribution in [2.75, 3.05) is 0 Å². The zero-order valence-electron chi connectivity index (χ0n) is 17.6. The summed E-state index contributed by atoms with van der Waals surface area (Å²) in [5.74, 6) is 7.79. The summed E-state index contributed by atoms with van der Waals surface area (Å²) in [6.45, 7) is 4.53. The highest BCUT2D eigenvalue weighted by atomic mass is 14.2. The number of allylic oxidation sites excluding steroid dienone is 2. The molecule has 1 aliphatic carbocycles. The van der Waals surface area contributed by atoms with Crippen molar-refractivity contribution < 1.29 is 0 Å². The Morgan fingerprint density at radius 3 is 2.50 bits per heavy atom. The summed E-state index contributed by atoms with van der Waals surface area (Å²) >= 11 is 0. The Labute approximate surface area is 172 Å². The first-order valence-corrected chi connectivity index (χ1v) is 11.2. The highest BCUT2D eigenvalue weighted by Gasteiger charge is 2.13. The molecular formula is C28H34. The van der Waals surface area contributed by atoms with Gasteiger partial charge >= 0.3 is 0 Å². The van der Waals surface area contributed by atoms with E-state index in [1.165, 1.54) is 60.8 Å². The first-order valence-electron chi connectivity index (χ1n) is 11.2. The van der Waals surface area contributed by atoms with Gasteiger partial charge in [0.05, 0.1) is 0 Å². The smallest absolute Gasteiger partial charge is 0.0252 e. The second-order valence-electron chi connectivity index (χ2n) is 8.10. The molecule has 0 fully saturated rings. The molecule has 146 valence electrons. The van der Waals surface area contributed by atoms with Gasteiger partial charge in [-0.25, -0.2) is 0 Å². The van der Waals surface area contributed by atoms with Crippen LogP contribution in [0, 0.1) is 17.8 Å². The van der Waals surface area contributed by atoms with Gasteiger partial charge in [-0.15, -0.1) is 0 Å². The van der Waals surface area contributed by atoms with Gasteiger partial charge in [-0.05, 0) is 66.0 Å². The Kier molecular flexibility index (Phi) is 7.98. The Morgan fingerprint density at radius 1 is 0.929 bits per heavy atom. The second kappa shape index (κ2) is 10.9. The van der Waals surface area contributed by atoms with Crippen molar-refractivity contribution in [2.24, 2.45) is 5.92 Å². The van der Waals surface area contributed by atoms with E-state index in [2.05, 4.69) is 80.3 Å². The van der Waals surface area contributed by atoms with Crippen molar-refractivity contribution in [1.82, 2.24) is 0 Å². The first-order chi connectivity index (χ1) is 13.8. The minimum Gasteiger partial charge on any atom is -0.0726 e. The number of hydrogen-bond acceptors (Lipinski definition) is 0. The lowest BCUT2D eigenvalue weighted by atomic mass is 9.86. The summed E-state index contributed by atoms with van der Waals surface area (Å²) in [7, 11) is 0. The number of hydrogen-bond donors (Lipinski definition) is 0. The predicted octanol–water partition coefficient (Wildman–Crippen LogP) is 7.96. The van der Waals surface area contributed by atoms with Crippen LogP contribution in [-0.2, 0) is 6.42 Å². The van der Waals surface area contributed by atoms with Crippen molar-refractivity contribution in [3.8, 4) is 23.0 Å². The molecule has 0 aliphatic heterocycles. The fourth-order valence-electron chi connectivity index (χ4n) is 4.15. The van der Waals surface area contributed by atoms with Gasteiger partial charge in [0.2, 0.25) is 0 Å². The fourth-order valence-corrected chi connectivity index (χ4v) is 4.15. The summed E-state index contributed by atoms with van der Waals surface area (Å²) in [5, 5.41) is 0. The lowest BCUT2D eigenvalue weighted by Gasteiger charge is -2.19. The van der Waals surface area contributed by atoms with Gasteiger partial charge in [-0.2, -0.15) is 0 Å². The average Bonchev–Trinajstić information content (AvgIpc) is 2.74. The molecule has 0 saturated carbocycles. The van der Waals surface area contributed by atoms with Gasteiger partial charge in [0.25, 0.3) is 0 Å². The third kappa shape index (κ3) is 5.87. The van der Waals surface area contributed by atoms with Crippen LogP contribution in [-0.4, -0.2) is 0 Å². The Hall–Kier alpha value is -2.26. The van der Waals surface area contributed by atoms with Crippen molar-refractivity contribution in [3.05, 3.63) is 71.3 Å². The maximum absolute atomic E-state index is 3.47. The lowest BCUT2D eigenvalue weighted by molar-refractivity contribution is 0.420. The van der Waals surface area contributed by atoms with Crippen molar-refractivity contribution in [1.29, 1.82) is 0 Å². The molecule has 28 heavy (non-hydrogen) atoms. The van der Waals surface area contributed by atoms with E-state index < -0.39 is 0 Å². The molecule has 0 nitrogen and oxygen atoms in total. The SMILES string of the molecule is CCCCCC1CC=C(C#Cc2ccc(-c3ccccc3)c(CCC)c2)CC1. The van der Waals surface area contributed by atoms with Crippen LogP contribution >= 0.6 is 0 Å². The average molecular weight is 371 g/mol. The van der Waals surface area contributed by atoms with Crippen LogP contribution in [0.25, 0.3) is 11.1 Å². The van der Waals surface area contributed by atoms with Gasteiger partial charge in [-0.3, -0.25) is 0 Å². The first kappa shape index (κ1) is 20.5. The predicted molar refractivity (Wildman–Crippen MR) is 122 cm³/mol. The molecule has 0 amide bonds. The molecule has 0 N–H and O–H groups in total. The zero-order chi connectivity index (χ0) is 19.6. The van der Waals surface area contributed by atoms with Crippen LogP contribution in [0.3, 0.4) is 0 Å². The number of aryl methyl sites for hydroxylation is 1. The second-order valence-corrected chi connectivity index (χ2v) is 8.10. The lowest BCUT2D eigenvalue weighted by Crippen LogP contribution is -2.05. The molecule has 1 aliphatic rings. The summed E-state index contributed by atoms with van der Waals surface area (Å²) in [4.78, 5) is 0. The van der Waals surface area contributed by atoms with E-state index in [-0.39, 0.29) is 0 Å². The molecule has 0 bridgehead atoms. The van der Waals surface area contributed by atoms with Crippen LogP contribution in [0.5, 0.6) is 0 Å². The van der Waals surface area contributed by atoms with E-state index >= 15 is 0 Å². The van der Waals surface area contributed by atoms with Crippen molar-refractivity contribution in [3.63, 3.8) is 0 Å². The van der Waals surface area contributed by atoms with Crippen LogP contribution in [0.4, 0.5) is 0 Å². The third-order valence-corrected chi connectivity index (χ3v) is 5.81. The topological polar surface area (TPSA) is 0 Å². The third-order valence-electron chi connectivity index (χ3n) is 5.81. The summed E-state index contributed by atoms with van der Waals surface area (Å²) in [5.41, 5.74) is 6.55. The minimum absolute atomic E-state index is 0.887. The number of unbranched alkanes of at least 4 members (excludes halogenated alkanes) is 2. The molecule has 2 aromatic rings.